The first-order valence-electron chi connectivity index (χ1n) is 4.72. The summed E-state index contributed by atoms with van der Waals surface area (Å²) >= 11 is 5.84. The van der Waals surface area contributed by atoms with Gasteiger partial charge in [0.1, 0.15) is 5.69 Å². The van der Waals surface area contributed by atoms with E-state index in [1.165, 1.54) is 6.34 Å². The number of aryl methyl sites for hydroxylation is 1. The van der Waals surface area contributed by atoms with Crippen LogP contribution < -0.4 is 5.32 Å². The van der Waals surface area contributed by atoms with Crippen molar-refractivity contribution in [3.63, 3.8) is 0 Å². The zero-order valence-electron chi connectivity index (χ0n) is 9.03. The van der Waals surface area contributed by atoms with Gasteiger partial charge in [0.25, 0.3) is 0 Å². The van der Waals surface area contributed by atoms with Crippen molar-refractivity contribution >= 4 is 29.7 Å². The molecule has 0 spiro atoms. The number of amides is 1. The standard InChI is InChI=1S/C10H12ClN3O2/c1-3-16-10(15)13-6-12-8-5-4-7(2)14-9(8)11/h4-6H,3H2,1-2H3,(H,12,13,15). The van der Waals surface area contributed by atoms with Crippen LogP contribution in [0.1, 0.15) is 12.6 Å². The van der Waals surface area contributed by atoms with E-state index in [4.69, 9.17) is 11.6 Å². The van der Waals surface area contributed by atoms with Crippen molar-refractivity contribution in [2.24, 2.45) is 4.99 Å². The van der Waals surface area contributed by atoms with Gasteiger partial charge in [-0.15, -0.1) is 0 Å². The Hall–Kier alpha value is -1.62. The lowest BCUT2D eigenvalue weighted by Gasteiger charge is -2.00. The Labute approximate surface area is 98.5 Å². The molecular formula is C10H12ClN3O2. The first-order valence-corrected chi connectivity index (χ1v) is 5.10. The second-order valence-corrected chi connectivity index (χ2v) is 3.24. The van der Waals surface area contributed by atoms with Crippen molar-refractivity contribution in [2.45, 2.75) is 13.8 Å². The number of carbonyl (C=O) groups excluding carboxylic acids is 1. The summed E-state index contributed by atoms with van der Waals surface area (Å²) in [4.78, 5) is 18.9. The maximum atomic E-state index is 10.9. The monoisotopic (exact) mass is 241 g/mol. The zero-order chi connectivity index (χ0) is 12.0. The Morgan fingerprint density at radius 2 is 2.44 bits per heavy atom. The van der Waals surface area contributed by atoms with E-state index >= 15 is 0 Å². The molecule has 1 heterocycles. The third-order valence-electron chi connectivity index (χ3n) is 1.63. The summed E-state index contributed by atoms with van der Waals surface area (Å²) in [6.45, 7) is 3.86. The minimum Gasteiger partial charge on any atom is -0.450 e. The highest BCUT2D eigenvalue weighted by atomic mass is 35.5. The number of carbonyl (C=O) groups is 1. The average Bonchev–Trinajstić information content (AvgIpc) is 2.22. The highest BCUT2D eigenvalue weighted by Crippen LogP contribution is 2.21. The average molecular weight is 242 g/mol. The van der Waals surface area contributed by atoms with E-state index in [9.17, 15) is 4.79 Å². The Balaban J connectivity index is 2.59. The number of nitrogens with zero attached hydrogens (tertiary/aromatic N) is 2. The van der Waals surface area contributed by atoms with E-state index in [0.717, 1.165) is 5.69 Å². The van der Waals surface area contributed by atoms with Crippen LogP contribution in [-0.2, 0) is 4.74 Å². The topological polar surface area (TPSA) is 63.6 Å². The molecule has 0 aliphatic carbocycles. The largest absolute Gasteiger partial charge is 0.450 e. The van der Waals surface area contributed by atoms with Crippen molar-refractivity contribution in [1.29, 1.82) is 0 Å². The van der Waals surface area contributed by atoms with Gasteiger partial charge in [0.2, 0.25) is 0 Å². The van der Waals surface area contributed by atoms with Gasteiger partial charge in [-0.25, -0.2) is 14.8 Å². The number of nitrogens with one attached hydrogen (secondary N) is 1. The Morgan fingerprint density at radius 3 is 3.06 bits per heavy atom. The highest BCUT2D eigenvalue weighted by molar-refractivity contribution is 6.31. The van der Waals surface area contributed by atoms with Gasteiger partial charge >= 0.3 is 6.09 Å². The predicted molar refractivity (Wildman–Crippen MR) is 62.3 cm³/mol. The van der Waals surface area contributed by atoms with Crippen LogP contribution in [0.15, 0.2) is 17.1 Å². The third kappa shape index (κ3) is 3.86. The number of rotatable bonds is 3. The van der Waals surface area contributed by atoms with Gasteiger partial charge in [0.15, 0.2) is 5.15 Å². The van der Waals surface area contributed by atoms with E-state index in [1.807, 2.05) is 6.92 Å². The Morgan fingerprint density at radius 1 is 1.69 bits per heavy atom. The summed E-state index contributed by atoms with van der Waals surface area (Å²) in [6.07, 6.45) is 0.665. The van der Waals surface area contributed by atoms with E-state index < -0.39 is 6.09 Å². The number of ether oxygens (including phenoxy) is 1. The lowest BCUT2D eigenvalue weighted by molar-refractivity contribution is 0.158. The molecule has 0 saturated carbocycles. The molecule has 16 heavy (non-hydrogen) atoms. The van der Waals surface area contributed by atoms with Crippen LogP contribution in [0.4, 0.5) is 10.5 Å². The normalized spacial score (nSPS) is 10.4. The molecular weight excluding hydrogens is 230 g/mol. The van der Waals surface area contributed by atoms with Crippen LogP contribution in [0.2, 0.25) is 5.15 Å². The Bertz CT molecular complexity index is 407. The van der Waals surface area contributed by atoms with E-state index in [0.29, 0.717) is 17.4 Å². The summed E-state index contributed by atoms with van der Waals surface area (Å²) in [5.74, 6) is 0. The van der Waals surface area contributed by atoms with Crippen LogP contribution >= 0.6 is 11.6 Å². The molecule has 0 atom stereocenters. The summed E-state index contributed by atoms with van der Waals surface area (Å²) in [5.41, 5.74) is 1.30. The van der Waals surface area contributed by atoms with Crippen molar-refractivity contribution in [2.75, 3.05) is 6.61 Å². The fraction of sp³-hybridized carbons (Fsp3) is 0.300. The van der Waals surface area contributed by atoms with Gasteiger partial charge < -0.3 is 4.74 Å². The van der Waals surface area contributed by atoms with Crippen molar-refractivity contribution < 1.29 is 9.53 Å². The molecule has 1 rings (SSSR count). The SMILES string of the molecule is CCOC(=O)NC=Nc1ccc(C)nc1Cl. The fourth-order valence-corrected chi connectivity index (χ4v) is 1.19. The zero-order valence-corrected chi connectivity index (χ0v) is 9.78. The second kappa shape index (κ2) is 6.07. The second-order valence-electron chi connectivity index (χ2n) is 2.89. The summed E-state index contributed by atoms with van der Waals surface area (Å²) < 4.78 is 4.64. The van der Waals surface area contributed by atoms with Crippen LogP contribution in [0.3, 0.4) is 0 Å². The number of hydrogen-bond acceptors (Lipinski definition) is 4. The smallest absolute Gasteiger partial charge is 0.412 e. The van der Waals surface area contributed by atoms with Crippen LogP contribution in [0, 0.1) is 6.92 Å². The molecule has 0 saturated heterocycles. The molecule has 0 fully saturated rings. The minimum absolute atomic E-state index is 0.293. The van der Waals surface area contributed by atoms with Crippen LogP contribution in [-0.4, -0.2) is 24.0 Å². The van der Waals surface area contributed by atoms with Crippen molar-refractivity contribution in [3.05, 3.63) is 23.0 Å². The van der Waals surface area contributed by atoms with Gasteiger partial charge in [-0.05, 0) is 26.0 Å². The summed E-state index contributed by atoms with van der Waals surface area (Å²) in [6, 6.07) is 3.50. The van der Waals surface area contributed by atoms with Gasteiger partial charge in [-0.2, -0.15) is 0 Å². The molecule has 0 aliphatic rings. The number of alkyl carbamates (subject to hydrolysis) is 1. The molecule has 0 bridgehead atoms. The molecule has 0 aliphatic heterocycles. The number of aliphatic imine (C=N–C) groups is 1. The maximum absolute atomic E-state index is 10.9. The number of hydrogen-bond donors (Lipinski definition) is 1. The first-order chi connectivity index (χ1) is 7.63. The maximum Gasteiger partial charge on any atom is 0.412 e. The van der Waals surface area contributed by atoms with Gasteiger partial charge in [0, 0.05) is 5.69 Å². The fourth-order valence-electron chi connectivity index (χ4n) is 0.941. The predicted octanol–water partition coefficient (Wildman–Crippen LogP) is 2.45. The molecule has 1 aromatic rings. The molecule has 1 N–H and O–H groups in total. The molecule has 86 valence electrons. The van der Waals surface area contributed by atoms with E-state index in [1.54, 1.807) is 19.1 Å². The van der Waals surface area contributed by atoms with Gasteiger partial charge in [-0.1, -0.05) is 11.6 Å². The number of halogens is 1. The minimum atomic E-state index is -0.553. The van der Waals surface area contributed by atoms with Crippen molar-refractivity contribution in [3.8, 4) is 0 Å². The number of pyridine rings is 1. The van der Waals surface area contributed by atoms with Crippen molar-refractivity contribution in [1.82, 2.24) is 10.3 Å². The lowest BCUT2D eigenvalue weighted by atomic mass is 10.3. The van der Waals surface area contributed by atoms with E-state index in [2.05, 4.69) is 20.0 Å². The summed E-state index contributed by atoms with van der Waals surface area (Å²) in [5, 5.41) is 2.63. The third-order valence-corrected chi connectivity index (χ3v) is 1.91. The quantitative estimate of drug-likeness (QED) is 0.502. The van der Waals surface area contributed by atoms with Crippen LogP contribution in [0.5, 0.6) is 0 Å². The molecule has 0 aromatic carbocycles. The van der Waals surface area contributed by atoms with Gasteiger partial charge in [-0.3, -0.25) is 5.32 Å². The summed E-state index contributed by atoms with van der Waals surface area (Å²) in [7, 11) is 0. The number of aromatic nitrogens is 1. The molecule has 0 radical (unpaired) electrons. The molecule has 0 unspecified atom stereocenters. The molecule has 6 heteroatoms. The first kappa shape index (κ1) is 12.4. The van der Waals surface area contributed by atoms with E-state index in [-0.39, 0.29) is 0 Å². The van der Waals surface area contributed by atoms with Gasteiger partial charge in [0.05, 0.1) is 12.9 Å². The van der Waals surface area contributed by atoms with Crippen LogP contribution in [0.25, 0.3) is 0 Å². The Kier molecular flexibility index (Phi) is 4.72. The molecule has 1 amide bonds. The molecule has 5 nitrogen and oxygen atoms in total. The lowest BCUT2D eigenvalue weighted by Crippen LogP contribution is -2.22. The highest BCUT2D eigenvalue weighted by Gasteiger charge is 2.00. The molecule has 1 aromatic heterocycles.